The van der Waals surface area contributed by atoms with Gasteiger partial charge < -0.3 is 0 Å². The lowest BCUT2D eigenvalue weighted by molar-refractivity contribution is -0.136. The summed E-state index contributed by atoms with van der Waals surface area (Å²) >= 11 is 3.30. The van der Waals surface area contributed by atoms with Crippen LogP contribution in [-0.2, 0) is 9.59 Å². The maximum absolute atomic E-state index is 12.2. The van der Waals surface area contributed by atoms with Crippen LogP contribution in [0.1, 0.15) is 44.0 Å². The predicted octanol–water partition coefficient (Wildman–Crippen LogP) is 3.13. The third kappa shape index (κ3) is 4.34. The van der Waals surface area contributed by atoms with Gasteiger partial charge in [-0.25, -0.2) is 5.43 Å². The molecule has 0 aliphatic heterocycles. The number of carbonyl (C=O) groups excluding carboxylic acids is 3. The molecule has 1 aliphatic rings. The molecule has 0 saturated heterocycles. The Kier molecular flexibility index (Phi) is 5.14. The van der Waals surface area contributed by atoms with Crippen LogP contribution in [0.2, 0.25) is 0 Å². The van der Waals surface area contributed by atoms with Gasteiger partial charge in [0.1, 0.15) is 17.5 Å². The molecule has 6 heteroatoms. The number of hydrogen-bond donors (Lipinski definition) is 1. The van der Waals surface area contributed by atoms with Crippen LogP contribution in [0.4, 0.5) is 0 Å². The molecule has 23 heavy (non-hydrogen) atoms. The average Bonchev–Trinajstić information content (AvgIpc) is 2.43. The van der Waals surface area contributed by atoms with Gasteiger partial charge in [-0.1, -0.05) is 29.8 Å². The van der Waals surface area contributed by atoms with Crippen LogP contribution in [0.25, 0.3) is 0 Å². The topological polar surface area (TPSA) is 75.6 Å². The second-order valence-corrected chi connectivity index (χ2v) is 7.50. The molecule has 1 fully saturated rings. The summed E-state index contributed by atoms with van der Waals surface area (Å²) in [6.07, 6.45) is 0.688. The maximum atomic E-state index is 12.2. The first-order valence-corrected chi connectivity index (χ1v) is 8.14. The number of amides is 1. The molecular weight excluding hydrogens is 360 g/mol. The molecule has 0 radical (unpaired) electrons. The Morgan fingerprint density at radius 1 is 1.17 bits per heavy atom. The first-order chi connectivity index (χ1) is 10.7. The Labute approximate surface area is 143 Å². The van der Waals surface area contributed by atoms with E-state index >= 15 is 0 Å². The van der Waals surface area contributed by atoms with Crippen molar-refractivity contribution in [1.29, 1.82) is 0 Å². The minimum atomic E-state index is -0.840. The van der Waals surface area contributed by atoms with E-state index in [0.29, 0.717) is 24.1 Å². The van der Waals surface area contributed by atoms with Crippen LogP contribution in [0, 0.1) is 11.3 Å². The standard InChI is InChI=1S/C17H19BrN2O3/c1-10(15-13(21)8-17(2,3)9-14(15)22)19-20-16(23)11-4-6-12(18)7-5-11/h4-7,15H,8-9H2,1-3H3,(H,20,23)/b19-10+. The van der Waals surface area contributed by atoms with E-state index in [1.54, 1.807) is 31.2 Å². The molecule has 0 atom stereocenters. The number of ketones is 2. The molecule has 1 amide bonds. The lowest BCUT2D eigenvalue weighted by Crippen LogP contribution is -2.41. The molecule has 1 aromatic rings. The number of carbonyl (C=O) groups is 3. The summed E-state index contributed by atoms with van der Waals surface area (Å²) in [7, 11) is 0. The van der Waals surface area contributed by atoms with E-state index in [0.717, 1.165) is 4.47 Å². The minimum absolute atomic E-state index is 0.134. The van der Waals surface area contributed by atoms with Gasteiger partial charge >= 0.3 is 0 Å². The summed E-state index contributed by atoms with van der Waals surface area (Å²) in [5.41, 5.74) is 2.89. The number of nitrogens with one attached hydrogen (secondary N) is 1. The van der Waals surface area contributed by atoms with Gasteiger partial charge in [-0.15, -0.1) is 0 Å². The smallest absolute Gasteiger partial charge is 0.271 e. The molecule has 0 heterocycles. The van der Waals surface area contributed by atoms with E-state index in [2.05, 4.69) is 26.5 Å². The van der Waals surface area contributed by atoms with Crippen LogP contribution in [-0.4, -0.2) is 23.2 Å². The fourth-order valence-corrected chi connectivity index (χ4v) is 2.99. The predicted molar refractivity (Wildman–Crippen MR) is 91.2 cm³/mol. The summed E-state index contributed by atoms with van der Waals surface area (Å²) in [4.78, 5) is 36.4. The molecule has 1 aliphatic carbocycles. The number of hydrogen-bond acceptors (Lipinski definition) is 4. The van der Waals surface area contributed by atoms with Crippen molar-refractivity contribution >= 4 is 39.1 Å². The van der Waals surface area contributed by atoms with Gasteiger partial charge in [-0.05, 0) is 36.6 Å². The number of benzene rings is 1. The largest absolute Gasteiger partial charge is 0.298 e. The second-order valence-electron chi connectivity index (χ2n) is 6.58. The highest BCUT2D eigenvalue weighted by Gasteiger charge is 2.41. The third-order valence-corrected chi connectivity index (χ3v) is 4.34. The van der Waals surface area contributed by atoms with E-state index in [1.807, 2.05) is 13.8 Å². The molecule has 2 rings (SSSR count). The monoisotopic (exact) mass is 378 g/mol. The average molecular weight is 379 g/mol. The van der Waals surface area contributed by atoms with Crippen molar-refractivity contribution in [2.45, 2.75) is 33.6 Å². The molecule has 1 aromatic carbocycles. The molecule has 1 saturated carbocycles. The Bertz CT molecular complexity index is 658. The van der Waals surface area contributed by atoms with E-state index < -0.39 is 5.92 Å². The van der Waals surface area contributed by atoms with Crippen molar-refractivity contribution < 1.29 is 14.4 Å². The molecule has 122 valence electrons. The van der Waals surface area contributed by atoms with Crippen LogP contribution < -0.4 is 5.43 Å². The highest BCUT2D eigenvalue weighted by molar-refractivity contribution is 9.10. The summed E-state index contributed by atoms with van der Waals surface area (Å²) in [6, 6.07) is 6.82. The number of rotatable bonds is 3. The highest BCUT2D eigenvalue weighted by atomic mass is 79.9. The summed E-state index contributed by atoms with van der Waals surface area (Å²) < 4.78 is 0.870. The van der Waals surface area contributed by atoms with Crippen molar-refractivity contribution in [3.05, 3.63) is 34.3 Å². The van der Waals surface area contributed by atoms with Crippen molar-refractivity contribution in [2.24, 2.45) is 16.4 Å². The van der Waals surface area contributed by atoms with Gasteiger partial charge in [-0.3, -0.25) is 14.4 Å². The molecule has 0 aromatic heterocycles. The van der Waals surface area contributed by atoms with Crippen LogP contribution >= 0.6 is 15.9 Å². The summed E-state index contributed by atoms with van der Waals surface area (Å²) in [5, 5.41) is 3.96. The van der Waals surface area contributed by atoms with Gasteiger partial charge in [0.25, 0.3) is 5.91 Å². The van der Waals surface area contributed by atoms with Crippen LogP contribution in [0.15, 0.2) is 33.8 Å². The summed E-state index contributed by atoms with van der Waals surface area (Å²) in [6.45, 7) is 5.41. The van der Waals surface area contributed by atoms with Crippen molar-refractivity contribution in [3.63, 3.8) is 0 Å². The van der Waals surface area contributed by atoms with Gasteiger partial charge in [0.15, 0.2) is 0 Å². The zero-order valence-electron chi connectivity index (χ0n) is 13.4. The number of hydrazone groups is 1. The zero-order chi connectivity index (χ0) is 17.2. The maximum Gasteiger partial charge on any atom is 0.271 e. The van der Waals surface area contributed by atoms with Crippen LogP contribution in [0.3, 0.4) is 0 Å². The first kappa shape index (κ1) is 17.5. The fourth-order valence-electron chi connectivity index (χ4n) is 2.72. The summed E-state index contributed by atoms with van der Waals surface area (Å²) in [5.74, 6) is -1.49. The van der Waals surface area contributed by atoms with E-state index in [1.165, 1.54) is 0 Å². The molecule has 0 bridgehead atoms. The Morgan fingerprint density at radius 2 is 1.70 bits per heavy atom. The van der Waals surface area contributed by atoms with Crippen molar-refractivity contribution in [2.75, 3.05) is 0 Å². The van der Waals surface area contributed by atoms with Crippen LogP contribution in [0.5, 0.6) is 0 Å². The van der Waals surface area contributed by atoms with Crippen molar-refractivity contribution in [3.8, 4) is 0 Å². The fraction of sp³-hybridized carbons (Fsp3) is 0.412. The van der Waals surface area contributed by atoms with E-state index in [-0.39, 0.29) is 22.9 Å². The number of halogens is 1. The molecule has 0 unspecified atom stereocenters. The van der Waals surface area contributed by atoms with Gasteiger partial charge in [0.05, 0.1) is 5.71 Å². The SMILES string of the molecule is C/C(=N\NC(=O)c1ccc(Br)cc1)C1C(=O)CC(C)(C)CC1=O. The lowest BCUT2D eigenvalue weighted by atomic mass is 9.70. The normalized spacial score (nSPS) is 18.9. The van der Waals surface area contributed by atoms with Gasteiger partial charge in [0.2, 0.25) is 0 Å². The Hall–Kier alpha value is -1.82. The second kappa shape index (κ2) is 6.74. The number of nitrogens with zero attached hydrogens (tertiary/aromatic N) is 1. The Balaban J connectivity index is 2.08. The van der Waals surface area contributed by atoms with E-state index in [9.17, 15) is 14.4 Å². The van der Waals surface area contributed by atoms with Crippen molar-refractivity contribution in [1.82, 2.24) is 5.43 Å². The first-order valence-electron chi connectivity index (χ1n) is 7.35. The molecule has 5 nitrogen and oxygen atoms in total. The van der Waals surface area contributed by atoms with Gasteiger partial charge in [-0.2, -0.15) is 5.10 Å². The third-order valence-electron chi connectivity index (χ3n) is 3.81. The Morgan fingerprint density at radius 3 is 2.22 bits per heavy atom. The molecular formula is C17H19BrN2O3. The quantitative estimate of drug-likeness (QED) is 0.498. The number of Topliss-reactive ketones (excluding diaryl/α,β-unsaturated/α-hetero) is 2. The molecule has 1 N–H and O–H groups in total. The highest BCUT2D eigenvalue weighted by Crippen LogP contribution is 2.34. The lowest BCUT2D eigenvalue weighted by Gasteiger charge is -2.31. The minimum Gasteiger partial charge on any atom is -0.298 e. The van der Waals surface area contributed by atoms with Gasteiger partial charge in [0, 0.05) is 22.9 Å². The van der Waals surface area contributed by atoms with E-state index in [4.69, 9.17) is 0 Å². The zero-order valence-corrected chi connectivity index (χ0v) is 14.9. The molecule has 0 spiro atoms.